The number of nitrogens with zero attached hydrogens (tertiary/aromatic N) is 1. The summed E-state index contributed by atoms with van der Waals surface area (Å²) in [6.07, 6.45) is 0.505. The maximum Gasteiger partial charge on any atom is 0.370 e. The lowest BCUT2D eigenvalue weighted by atomic mass is 10.1. The average molecular weight is 318 g/mol. The van der Waals surface area contributed by atoms with E-state index >= 15 is 0 Å². The molecule has 0 spiro atoms. The van der Waals surface area contributed by atoms with Gasteiger partial charge in [0.1, 0.15) is 6.04 Å². The van der Waals surface area contributed by atoms with Gasteiger partial charge < -0.3 is 17.7 Å². The van der Waals surface area contributed by atoms with Gasteiger partial charge in [-0.15, -0.1) is 0 Å². The van der Waals surface area contributed by atoms with Gasteiger partial charge in [-0.3, -0.25) is 4.79 Å². The van der Waals surface area contributed by atoms with E-state index in [1.807, 2.05) is 60.7 Å². The number of urea groups is 1. The van der Waals surface area contributed by atoms with E-state index in [9.17, 15) is 9.59 Å². The van der Waals surface area contributed by atoms with Crippen molar-refractivity contribution in [2.75, 3.05) is 0 Å². The summed E-state index contributed by atoms with van der Waals surface area (Å²) in [7, 11) is 0. The number of halogens is 1. The highest BCUT2D eigenvalue weighted by atomic mass is 35.5. The number of nitrogens with two attached hydrogens (primary N) is 1. The molecule has 0 saturated carbocycles. The van der Waals surface area contributed by atoms with Crippen LogP contribution in [-0.2, 0) is 11.2 Å². The third-order valence-electron chi connectivity index (χ3n) is 3.41. The van der Waals surface area contributed by atoms with Crippen LogP contribution in [0.2, 0.25) is 0 Å². The molecule has 1 unspecified atom stereocenters. The van der Waals surface area contributed by atoms with E-state index in [1.54, 1.807) is 5.43 Å². The summed E-state index contributed by atoms with van der Waals surface area (Å²) in [6, 6.07) is 18.1. The molecule has 2 aromatic rings. The SMILES string of the molecule is O=C1NC(Cc2ccccc2)C(=O)N1[NH2+]c1ccccc1.[Cl-]. The van der Waals surface area contributed by atoms with Crippen molar-refractivity contribution in [3.05, 3.63) is 66.2 Å². The Morgan fingerprint density at radius 3 is 2.18 bits per heavy atom. The highest BCUT2D eigenvalue weighted by molar-refractivity contribution is 6.02. The number of hydrogen-bond acceptors (Lipinski definition) is 2. The van der Waals surface area contributed by atoms with E-state index in [1.165, 1.54) is 0 Å². The molecule has 1 fully saturated rings. The summed E-state index contributed by atoms with van der Waals surface area (Å²) >= 11 is 0. The van der Waals surface area contributed by atoms with Crippen LogP contribution in [0.5, 0.6) is 0 Å². The number of hydrogen-bond donors (Lipinski definition) is 2. The standard InChI is InChI=1S/C16H15N3O2.ClH/c20-15-14(11-12-7-3-1-4-8-12)17-16(21)19(15)18-13-9-5-2-6-10-13;/h1-10,14,18H,11H2,(H,17,21);1H. The summed E-state index contributed by atoms with van der Waals surface area (Å²) in [6.45, 7) is 0. The van der Waals surface area contributed by atoms with Gasteiger partial charge in [0, 0.05) is 18.6 Å². The molecule has 3 rings (SSSR count). The lowest BCUT2D eigenvalue weighted by molar-refractivity contribution is -0.697. The Morgan fingerprint density at radius 2 is 1.55 bits per heavy atom. The highest BCUT2D eigenvalue weighted by Gasteiger charge is 2.41. The van der Waals surface area contributed by atoms with Crippen LogP contribution >= 0.6 is 0 Å². The zero-order valence-corrected chi connectivity index (χ0v) is 12.5. The second-order valence-corrected chi connectivity index (χ2v) is 4.94. The fourth-order valence-electron chi connectivity index (χ4n) is 2.35. The van der Waals surface area contributed by atoms with Crippen LogP contribution in [0.4, 0.5) is 10.5 Å². The van der Waals surface area contributed by atoms with E-state index in [0.717, 1.165) is 16.3 Å². The number of imide groups is 1. The zero-order chi connectivity index (χ0) is 14.7. The van der Waals surface area contributed by atoms with Gasteiger partial charge in [-0.25, -0.2) is 4.79 Å². The van der Waals surface area contributed by atoms with Crippen LogP contribution in [0.3, 0.4) is 0 Å². The number of nitrogens with one attached hydrogen (secondary N) is 1. The van der Waals surface area contributed by atoms with Crippen molar-refractivity contribution in [2.45, 2.75) is 12.5 Å². The van der Waals surface area contributed by atoms with Crippen molar-refractivity contribution < 1.29 is 27.4 Å². The van der Waals surface area contributed by atoms with Crippen LogP contribution in [0.1, 0.15) is 5.56 Å². The first-order valence-corrected chi connectivity index (χ1v) is 6.81. The Labute approximate surface area is 134 Å². The first kappa shape index (κ1) is 16.0. The normalized spacial score (nSPS) is 17.1. The topological polar surface area (TPSA) is 66.0 Å². The minimum atomic E-state index is -0.500. The van der Waals surface area contributed by atoms with E-state index < -0.39 is 6.04 Å². The molecule has 0 radical (unpaired) electrons. The van der Waals surface area contributed by atoms with Crippen LogP contribution in [0, 0.1) is 0 Å². The summed E-state index contributed by atoms with van der Waals surface area (Å²) in [4.78, 5) is 24.3. The summed E-state index contributed by atoms with van der Waals surface area (Å²) < 4.78 is 0. The molecule has 0 aromatic heterocycles. The van der Waals surface area contributed by atoms with E-state index in [4.69, 9.17) is 0 Å². The smallest absolute Gasteiger partial charge is 0.370 e. The third-order valence-corrected chi connectivity index (χ3v) is 3.41. The Morgan fingerprint density at radius 1 is 0.955 bits per heavy atom. The Hall–Kier alpha value is -2.37. The predicted octanol–water partition coefficient (Wildman–Crippen LogP) is -2.04. The van der Waals surface area contributed by atoms with Crippen LogP contribution in [0.15, 0.2) is 60.7 Å². The molecule has 2 aromatic carbocycles. The maximum absolute atomic E-state index is 12.3. The lowest BCUT2D eigenvalue weighted by Crippen LogP contribution is -3.00. The first-order chi connectivity index (χ1) is 10.2. The highest BCUT2D eigenvalue weighted by Crippen LogP contribution is 2.10. The fourth-order valence-corrected chi connectivity index (χ4v) is 2.35. The molecule has 0 aliphatic carbocycles. The molecule has 1 atom stereocenters. The molecule has 1 aliphatic heterocycles. The molecule has 22 heavy (non-hydrogen) atoms. The molecule has 3 amide bonds. The molecule has 1 saturated heterocycles. The van der Waals surface area contributed by atoms with Crippen molar-refractivity contribution >= 4 is 17.6 Å². The van der Waals surface area contributed by atoms with Crippen molar-refractivity contribution in [2.24, 2.45) is 0 Å². The summed E-state index contributed by atoms with van der Waals surface area (Å²) in [5.41, 5.74) is 3.42. The van der Waals surface area contributed by atoms with Crippen LogP contribution in [-0.4, -0.2) is 23.0 Å². The monoisotopic (exact) mass is 317 g/mol. The van der Waals surface area contributed by atoms with Crippen molar-refractivity contribution in [1.29, 1.82) is 0 Å². The molecule has 3 N–H and O–H groups in total. The largest absolute Gasteiger partial charge is 1.00 e. The van der Waals surface area contributed by atoms with Gasteiger partial charge in [0.05, 0.1) is 0 Å². The Balaban J connectivity index is 0.00000176. The van der Waals surface area contributed by atoms with Gasteiger partial charge >= 0.3 is 11.9 Å². The number of quaternary nitrogens is 1. The average Bonchev–Trinajstić information content (AvgIpc) is 2.77. The minimum absolute atomic E-state index is 0. The first-order valence-electron chi connectivity index (χ1n) is 6.81. The van der Waals surface area contributed by atoms with Gasteiger partial charge in [-0.05, 0) is 5.56 Å². The summed E-state index contributed by atoms with van der Waals surface area (Å²) in [5.74, 6) is -0.215. The van der Waals surface area contributed by atoms with Crippen LogP contribution < -0.4 is 23.1 Å². The molecule has 1 aliphatic rings. The van der Waals surface area contributed by atoms with E-state index in [0.29, 0.717) is 6.42 Å². The van der Waals surface area contributed by atoms with Crippen molar-refractivity contribution in [3.63, 3.8) is 0 Å². The van der Waals surface area contributed by atoms with Gasteiger partial charge in [0.25, 0.3) is 0 Å². The number of rotatable bonds is 4. The van der Waals surface area contributed by atoms with Crippen LogP contribution in [0.25, 0.3) is 0 Å². The molecular weight excluding hydrogens is 302 g/mol. The van der Waals surface area contributed by atoms with Gasteiger partial charge in [0.15, 0.2) is 5.69 Å². The molecule has 1 heterocycles. The third kappa shape index (κ3) is 3.44. The second-order valence-electron chi connectivity index (χ2n) is 4.94. The number of carbonyl (C=O) groups excluding carboxylic acids is 2. The van der Waals surface area contributed by atoms with Gasteiger partial charge in [0.2, 0.25) is 0 Å². The Bertz CT molecular complexity index is 649. The van der Waals surface area contributed by atoms with Crippen molar-refractivity contribution in [3.8, 4) is 0 Å². The molecule has 5 nitrogen and oxygen atoms in total. The molecule has 6 heteroatoms. The molecule has 0 bridgehead atoms. The molecular formula is C16H16ClN3O2. The molecule has 114 valence electrons. The quantitative estimate of drug-likeness (QED) is 0.295. The lowest BCUT2D eigenvalue weighted by Gasteiger charge is -2.10. The minimum Gasteiger partial charge on any atom is -1.00 e. The summed E-state index contributed by atoms with van der Waals surface area (Å²) in [5, 5.41) is 3.88. The fraction of sp³-hybridized carbons (Fsp3) is 0.125. The number of benzene rings is 2. The van der Waals surface area contributed by atoms with Crippen molar-refractivity contribution in [1.82, 2.24) is 10.3 Å². The number of amides is 3. The van der Waals surface area contributed by atoms with Gasteiger partial charge in [-0.1, -0.05) is 53.5 Å². The predicted molar refractivity (Wildman–Crippen MR) is 77.3 cm³/mol. The maximum atomic E-state index is 12.3. The number of carbonyl (C=O) groups is 2. The second kappa shape index (κ2) is 7.06. The zero-order valence-electron chi connectivity index (χ0n) is 11.8. The van der Waals surface area contributed by atoms with E-state index in [2.05, 4.69) is 5.32 Å². The van der Waals surface area contributed by atoms with Gasteiger partial charge in [-0.2, -0.15) is 5.43 Å². The Kier molecular flexibility index (Phi) is 5.14. The van der Waals surface area contributed by atoms with E-state index in [-0.39, 0.29) is 24.3 Å².